The van der Waals surface area contributed by atoms with Crippen molar-refractivity contribution >= 4 is 0 Å². The van der Waals surface area contributed by atoms with E-state index in [1.54, 1.807) is 0 Å². The van der Waals surface area contributed by atoms with Gasteiger partial charge in [-0.1, -0.05) is 13.3 Å². The van der Waals surface area contributed by atoms with E-state index in [0.29, 0.717) is 5.60 Å². The Morgan fingerprint density at radius 2 is 2.22 bits per heavy atom. The summed E-state index contributed by atoms with van der Waals surface area (Å²) in [5.41, 5.74) is 0.411. The first-order chi connectivity index (χ1) is 4.37. The molecule has 1 aliphatic carbocycles. The fourth-order valence-electron chi connectivity index (χ4n) is 1.71. The lowest BCUT2D eigenvalue weighted by Crippen LogP contribution is -2.12. The molecule has 0 spiro atoms. The Morgan fingerprint density at radius 3 is 2.56 bits per heavy atom. The van der Waals surface area contributed by atoms with Crippen LogP contribution in [-0.2, 0) is 4.74 Å². The van der Waals surface area contributed by atoms with Crippen molar-refractivity contribution in [3.05, 3.63) is 0 Å². The average molecular weight is 126 g/mol. The van der Waals surface area contributed by atoms with Crippen LogP contribution in [0, 0.1) is 5.92 Å². The summed E-state index contributed by atoms with van der Waals surface area (Å²) in [6.07, 6.45) is 5.45. The summed E-state index contributed by atoms with van der Waals surface area (Å²) >= 11 is 0. The molecule has 0 bridgehead atoms. The van der Waals surface area contributed by atoms with Gasteiger partial charge in [-0.3, -0.25) is 0 Å². The lowest BCUT2D eigenvalue weighted by molar-refractivity contribution is 0.258. The Morgan fingerprint density at radius 1 is 1.56 bits per heavy atom. The van der Waals surface area contributed by atoms with E-state index in [1.165, 1.54) is 25.7 Å². The number of epoxide rings is 1. The zero-order valence-electron chi connectivity index (χ0n) is 6.02. The minimum absolute atomic E-state index is 0.411. The van der Waals surface area contributed by atoms with Crippen molar-refractivity contribution in [1.29, 1.82) is 0 Å². The molecule has 1 unspecified atom stereocenters. The van der Waals surface area contributed by atoms with Gasteiger partial charge in [-0.25, -0.2) is 0 Å². The summed E-state index contributed by atoms with van der Waals surface area (Å²) < 4.78 is 5.46. The molecule has 0 radical (unpaired) electrons. The van der Waals surface area contributed by atoms with Crippen molar-refractivity contribution in [2.24, 2.45) is 5.92 Å². The molecule has 1 nitrogen and oxygen atoms in total. The van der Waals surface area contributed by atoms with Gasteiger partial charge in [-0.2, -0.15) is 0 Å². The minimum atomic E-state index is 0.411. The van der Waals surface area contributed by atoms with E-state index in [9.17, 15) is 0 Å². The van der Waals surface area contributed by atoms with Gasteiger partial charge in [0.05, 0.1) is 12.2 Å². The highest BCUT2D eigenvalue weighted by Gasteiger charge is 2.54. The van der Waals surface area contributed by atoms with E-state index >= 15 is 0 Å². The Labute approximate surface area is 56.4 Å². The van der Waals surface area contributed by atoms with Crippen LogP contribution >= 0.6 is 0 Å². The minimum Gasteiger partial charge on any atom is -0.369 e. The highest BCUT2D eigenvalue weighted by atomic mass is 16.6. The molecule has 0 aromatic rings. The zero-order chi connectivity index (χ0) is 6.32. The van der Waals surface area contributed by atoms with E-state index < -0.39 is 0 Å². The molecule has 1 aliphatic heterocycles. The fourth-order valence-corrected chi connectivity index (χ4v) is 1.71. The summed E-state index contributed by atoms with van der Waals surface area (Å²) in [6.45, 7) is 3.30. The van der Waals surface area contributed by atoms with Crippen LogP contribution in [0.3, 0.4) is 0 Å². The van der Waals surface area contributed by atoms with Gasteiger partial charge in [-0.15, -0.1) is 0 Å². The van der Waals surface area contributed by atoms with E-state index in [0.717, 1.165) is 12.5 Å². The van der Waals surface area contributed by atoms with Crippen molar-refractivity contribution in [1.82, 2.24) is 0 Å². The van der Waals surface area contributed by atoms with E-state index in [1.807, 2.05) is 0 Å². The summed E-state index contributed by atoms with van der Waals surface area (Å²) in [6, 6.07) is 0. The molecule has 2 rings (SSSR count). The summed E-state index contributed by atoms with van der Waals surface area (Å²) in [5, 5.41) is 0. The molecular formula is C8H14O. The van der Waals surface area contributed by atoms with Gasteiger partial charge < -0.3 is 4.74 Å². The molecule has 0 N–H and O–H groups in total. The predicted octanol–water partition coefficient (Wildman–Crippen LogP) is 1.97. The Bertz CT molecular complexity index is 112. The first-order valence-corrected chi connectivity index (χ1v) is 4.01. The third-order valence-electron chi connectivity index (χ3n) is 2.51. The first kappa shape index (κ1) is 5.72. The van der Waals surface area contributed by atoms with Gasteiger partial charge in [0.25, 0.3) is 0 Å². The van der Waals surface area contributed by atoms with Crippen LogP contribution in [0.25, 0.3) is 0 Å². The second-order valence-electron chi connectivity index (χ2n) is 3.38. The van der Waals surface area contributed by atoms with Crippen molar-refractivity contribution < 1.29 is 4.74 Å². The standard InChI is InChI=1S/C8H14O/c1-2-5-8(6-9-8)7-3-4-7/h7H,2-6H2,1H3. The molecule has 0 aromatic heterocycles. The number of hydrogen-bond acceptors (Lipinski definition) is 1. The van der Waals surface area contributed by atoms with E-state index in [-0.39, 0.29) is 0 Å². The van der Waals surface area contributed by atoms with Gasteiger partial charge in [0.15, 0.2) is 0 Å². The second kappa shape index (κ2) is 1.72. The number of ether oxygens (including phenoxy) is 1. The molecule has 2 fully saturated rings. The monoisotopic (exact) mass is 126 g/mol. The number of rotatable bonds is 3. The van der Waals surface area contributed by atoms with Crippen LogP contribution in [0.15, 0.2) is 0 Å². The Kier molecular flexibility index (Phi) is 1.10. The molecule has 0 aromatic carbocycles. The topological polar surface area (TPSA) is 12.5 Å². The molecule has 0 amide bonds. The highest BCUT2D eigenvalue weighted by Crippen LogP contribution is 2.51. The van der Waals surface area contributed by atoms with Gasteiger partial charge in [0.2, 0.25) is 0 Å². The molecular weight excluding hydrogens is 112 g/mol. The van der Waals surface area contributed by atoms with Crippen LogP contribution in [0.1, 0.15) is 32.6 Å². The second-order valence-corrected chi connectivity index (χ2v) is 3.38. The molecule has 2 aliphatic rings. The lowest BCUT2D eigenvalue weighted by atomic mass is 10.00. The average Bonchev–Trinajstić information content (AvgIpc) is 2.61. The van der Waals surface area contributed by atoms with Crippen molar-refractivity contribution in [2.45, 2.75) is 38.2 Å². The maximum absolute atomic E-state index is 5.46. The van der Waals surface area contributed by atoms with Crippen molar-refractivity contribution in [3.63, 3.8) is 0 Å². The van der Waals surface area contributed by atoms with E-state index in [2.05, 4.69) is 6.92 Å². The van der Waals surface area contributed by atoms with Crippen LogP contribution < -0.4 is 0 Å². The Balaban J connectivity index is 1.89. The molecule has 1 saturated carbocycles. The summed E-state index contributed by atoms with van der Waals surface area (Å²) in [4.78, 5) is 0. The predicted molar refractivity (Wildman–Crippen MR) is 36.3 cm³/mol. The molecule has 1 heterocycles. The van der Waals surface area contributed by atoms with Gasteiger partial charge in [0, 0.05) is 0 Å². The SMILES string of the molecule is CCCC1(C2CC2)CO1. The third kappa shape index (κ3) is 0.877. The van der Waals surface area contributed by atoms with Gasteiger partial charge >= 0.3 is 0 Å². The fraction of sp³-hybridized carbons (Fsp3) is 1.00. The summed E-state index contributed by atoms with van der Waals surface area (Å²) in [7, 11) is 0. The Hall–Kier alpha value is -0.0400. The quantitative estimate of drug-likeness (QED) is 0.527. The first-order valence-electron chi connectivity index (χ1n) is 4.01. The maximum atomic E-state index is 5.46. The van der Waals surface area contributed by atoms with Crippen LogP contribution in [0.2, 0.25) is 0 Å². The van der Waals surface area contributed by atoms with E-state index in [4.69, 9.17) is 4.74 Å². The largest absolute Gasteiger partial charge is 0.369 e. The highest BCUT2D eigenvalue weighted by molar-refractivity contribution is 5.03. The van der Waals surface area contributed by atoms with Crippen molar-refractivity contribution in [3.8, 4) is 0 Å². The van der Waals surface area contributed by atoms with Gasteiger partial charge in [0.1, 0.15) is 0 Å². The third-order valence-corrected chi connectivity index (χ3v) is 2.51. The molecule has 52 valence electrons. The van der Waals surface area contributed by atoms with Crippen LogP contribution in [0.4, 0.5) is 0 Å². The number of hydrogen-bond donors (Lipinski definition) is 0. The van der Waals surface area contributed by atoms with Crippen LogP contribution in [-0.4, -0.2) is 12.2 Å². The molecule has 1 atom stereocenters. The normalized spacial score (nSPS) is 41.0. The van der Waals surface area contributed by atoms with Crippen LogP contribution in [0.5, 0.6) is 0 Å². The zero-order valence-corrected chi connectivity index (χ0v) is 6.02. The smallest absolute Gasteiger partial charge is 0.0944 e. The molecule has 1 saturated heterocycles. The lowest BCUT2D eigenvalue weighted by Gasteiger charge is -2.06. The van der Waals surface area contributed by atoms with Gasteiger partial charge in [-0.05, 0) is 25.2 Å². The summed E-state index contributed by atoms with van der Waals surface area (Å²) in [5.74, 6) is 0.956. The van der Waals surface area contributed by atoms with Crippen molar-refractivity contribution in [2.75, 3.05) is 6.61 Å². The molecule has 9 heavy (non-hydrogen) atoms. The molecule has 1 heteroatoms. The maximum Gasteiger partial charge on any atom is 0.0944 e.